The zero-order valence-corrected chi connectivity index (χ0v) is 13.0. The highest BCUT2D eigenvalue weighted by Crippen LogP contribution is 2.51. The van der Waals surface area contributed by atoms with Gasteiger partial charge in [0.1, 0.15) is 0 Å². The molecule has 20 heavy (non-hydrogen) atoms. The molecular formula is C15H21NO3S. The lowest BCUT2D eigenvalue weighted by atomic mass is 9.98. The zero-order valence-electron chi connectivity index (χ0n) is 12.2. The second-order valence-corrected chi connectivity index (χ2v) is 7.85. The first kappa shape index (κ1) is 15.0. The predicted molar refractivity (Wildman–Crippen MR) is 78.6 cm³/mol. The summed E-state index contributed by atoms with van der Waals surface area (Å²) in [7, 11) is -3.52. The summed E-state index contributed by atoms with van der Waals surface area (Å²) in [6.07, 6.45) is 3.90. The number of rotatable bonds is 6. The Hall–Kier alpha value is -1.36. The second kappa shape index (κ2) is 5.20. The highest BCUT2D eigenvalue weighted by molar-refractivity contribution is 7.88. The molecule has 0 spiro atoms. The van der Waals surface area contributed by atoms with E-state index < -0.39 is 15.6 Å². The van der Waals surface area contributed by atoms with Crippen molar-refractivity contribution in [2.75, 3.05) is 6.26 Å². The molecule has 0 N–H and O–H groups in total. The van der Waals surface area contributed by atoms with E-state index in [-0.39, 0.29) is 0 Å². The third-order valence-electron chi connectivity index (χ3n) is 3.73. The van der Waals surface area contributed by atoms with Crippen LogP contribution in [-0.2, 0) is 26.8 Å². The molecule has 5 heteroatoms. The number of hydrogen-bond acceptors (Lipinski definition) is 3. The normalized spacial score (nSPS) is 17.0. The number of nitrogens with zero attached hydrogens (tertiary/aromatic N) is 1. The molecule has 1 fully saturated rings. The first-order valence-electron chi connectivity index (χ1n) is 6.84. The lowest BCUT2D eigenvalue weighted by Gasteiger charge is -2.26. The van der Waals surface area contributed by atoms with E-state index in [1.54, 1.807) is 0 Å². The minimum absolute atomic E-state index is 0.435. The maximum Gasteiger partial charge on any atom is 0.235 e. The number of sulfonamides is 1. The van der Waals surface area contributed by atoms with E-state index in [1.807, 2.05) is 24.3 Å². The molecule has 0 atom stereocenters. The van der Waals surface area contributed by atoms with Crippen molar-refractivity contribution in [3.05, 3.63) is 35.4 Å². The molecule has 0 heterocycles. The van der Waals surface area contributed by atoms with Gasteiger partial charge in [-0.2, -0.15) is 0 Å². The van der Waals surface area contributed by atoms with Crippen LogP contribution < -0.4 is 0 Å². The van der Waals surface area contributed by atoms with Crippen molar-refractivity contribution in [1.29, 1.82) is 0 Å². The fourth-order valence-corrected chi connectivity index (χ4v) is 3.75. The van der Waals surface area contributed by atoms with E-state index in [4.69, 9.17) is 0 Å². The molecule has 1 aliphatic rings. The summed E-state index contributed by atoms with van der Waals surface area (Å²) >= 11 is 0. The van der Waals surface area contributed by atoms with Crippen molar-refractivity contribution in [1.82, 2.24) is 4.31 Å². The molecule has 0 unspecified atom stereocenters. The standard InChI is InChI=1S/C15H21NO3S/c1-12(2)10-13-4-6-14(7-5-13)15(8-9-15)16(11-17)20(3,18)19/h4-7,11-12H,8-10H2,1-3H3. The minimum Gasteiger partial charge on any atom is -0.278 e. The zero-order chi connectivity index (χ0) is 15.0. The predicted octanol–water partition coefficient (Wildman–Crippen LogP) is 2.29. The fourth-order valence-electron chi connectivity index (χ4n) is 2.67. The smallest absolute Gasteiger partial charge is 0.235 e. The Balaban J connectivity index is 2.29. The van der Waals surface area contributed by atoms with Gasteiger partial charge in [-0.3, -0.25) is 4.79 Å². The molecular weight excluding hydrogens is 274 g/mol. The summed E-state index contributed by atoms with van der Waals surface area (Å²) in [6.45, 7) is 4.32. The van der Waals surface area contributed by atoms with E-state index in [0.29, 0.717) is 25.2 Å². The summed E-state index contributed by atoms with van der Waals surface area (Å²) < 4.78 is 24.4. The third kappa shape index (κ3) is 2.87. The number of hydrogen-bond donors (Lipinski definition) is 0. The molecule has 1 aromatic rings. The van der Waals surface area contributed by atoms with E-state index in [2.05, 4.69) is 13.8 Å². The van der Waals surface area contributed by atoms with Crippen LogP contribution in [0.5, 0.6) is 0 Å². The number of amides is 1. The lowest BCUT2D eigenvalue weighted by Crippen LogP contribution is -2.38. The van der Waals surface area contributed by atoms with Crippen LogP contribution in [0, 0.1) is 5.92 Å². The van der Waals surface area contributed by atoms with Crippen molar-refractivity contribution >= 4 is 16.4 Å². The van der Waals surface area contributed by atoms with Crippen molar-refractivity contribution < 1.29 is 13.2 Å². The average Bonchev–Trinajstić information content (AvgIpc) is 3.09. The van der Waals surface area contributed by atoms with Gasteiger partial charge in [0.15, 0.2) is 0 Å². The molecule has 1 aliphatic carbocycles. The molecule has 1 amide bonds. The van der Waals surface area contributed by atoms with Crippen LogP contribution in [0.1, 0.15) is 37.8 Å². The molecule has 0 aromatic heterocycles. The Bertz CT molecular complexity index is 586. The molecule has 2 rings (SSSR count). The largest absolute Gasteiger partial charge is 0.278 e. The number of carbonyl (C=O) groups excluding carboxylic acids is 1. The third-order valence-corrected chi connectivity index (χ3v) is 4.88. The highest BCUT2D eigenvalue weighted by Gasteiger charge is 2.52. The van der Waals surface area contributed by atoms with E-state index in [9.17, 15) is 13.2 Å². The van der Waals surface area contributed by atoms with Gasteiger partial charge in [-0.1, -0.05) is 38.1 Å². The van der Waals surface area contributed by atoms with Crippen LogP contribution in [0.15, 0.2) is 24.3 Å². The summed E-state index contributed by atoms with van der Waals surface area (Å²) in [5.41, 5.74) is 1.49. The summed E-state index contributed by atoms with van der Waals surface area (Å²) in [6, 6.07) is 7.96. The Kier molecular flexibility index (Phi) is 3.91. The number of benzene rings is 1. The Morgan fingerprint density at radius 3 is 2.15 bits per heavy atom. The Labute approximate surface area is 120 Å². The lowest BCUT2D eigenvalue weighted by molar-refractivity contribution is -0.116. The second-order valence-electron chi connectivity index (χ2n) is 5.99. The molecule has 0 aliphatic heterocycles. The molecule has 110 valence electrons. The van der Waals surface area contributed by atoms with Crippen LogP contribution in [0.2, 0.25) is 0 Å². The molecule has 0 saturated heterocycles. The first-order valence-corrected chi connectivity index (χ1v) is 8.68. The average molecular weight is 295 g/mol. The van der Waals surface area contributed by atoms with Crippen molar-refractivity contribution in [2.45, 2.75) is 38.6 Å². The number of carbonyl (C=O) groups is 1. The quantitative estimate of drug-likeness (QED) is 0.757. The van der Waals surface area contributed by atoms with E-state index in [1.165, 1.54) is 5.56 Å². The van der Waals surface area contributed by atoms with Gasteiger partial charge in [0.2, 0.25) is 16.4 Å². The minimum atomic E-state index is -3.52. The summed E-state index contributed by atoms with van der Waals surface area (Å²) in [5, 5.41) is 0. The van der Waals surface area contributed by atoms with E-state index >= 15 is 0 Å². The first-order chi connectivity index (χ1) is 9.29. The molecule has 0 radical (unpaired) electrons. The van der Waals surface area contributed by atoms with E-state index in [0.717, 1.165) is 22.5 Å². The maximum atomic E-state index is 11.7. The van der Waals surface area contributed by atoms with Gasteiger partial charge in [0, 0.05) is 0 Å². The molecule has 1 aromatic carbocycles. The molecule has 4 nitrogen and oxygen atoms in total. The van der Waals surface area contributed by atoms with Crippen LogP contribution in [0.3, 0.4) is 0 Å². The van der Waals surface area contributed by atoms with Gasteiger partial charge < -0.3 is 0 Å². The Morgan fingerprint density at radius 2 is 1.80 bits per heavy atom. The summed E-state index contributed by atoms with van der Waals surface area (Å²) in [4.78, 5) is 11.2. The van der Waals surface area contributed by atoms with Crippen LogP contribution in [0.4, 0.5) is 0 Å². The van der Waals surface area contributed by atoms with Crippen LogP contribution in [-0.4, -0.2) is 25.4 Å². The van der Waals surface area contributed by atoms with Gasteiger partial charge in [0.05, 0.1) is 11.8 Å². The van der Waals surface area contributed by atoms with Crippen molar-refractivity contribution in [2.24, 2.45) is 5.92 Å². The summed E-state index contributed by atoms with van der Waals surface area (Å²) in [5.74, 6) is 0.582. The molecule has 0 bridgehead atoms. The van der Waals surface area contributed by atoms with Crippen LogP contribution >= 0.6 is 0 Å². The van der Waals surface area contributed by atoms with Gasteiger partial charge in [-0.25, -0.2) is 12.7 Å². The maximum absolute atomic E-state index is 11.7. The fraction of sp³-hybridized carbons (Fsp3) is 0.533. The monoisotopic (exact) mass is 295 g/mol. The SMILES string of the molecule is CC(C)Cc1ccc(C2(N(C=O)S(C)(=O)=O)CC2)cc1. The molecule has 1 saturated carbocycles. The highest BCUT2D eigenvalue weighted by atomic mass is 32.2. The topological polar surface area (TPSA) is 54.5 Å². The Morgan fingerprint density at radius 1 is 1.25 bits per heavy atom. The van der Waals surface area contributed by atoms with Gasteiger partial charge in [-0.05, 0) is 36.3 Å². The van der Waals surface area contributed by atoms with Crippen LogP contribution in [0.25, 0.3) is 0 Å². The van der Waals surface area contributed by atoms with Gasteiger partial charge >= 0.3 is 0 Å². The van der Waals surface area contributed by atoms with Gasteiger partial charge in [-0.15, -0.1) is 0 Å². The van der Waals surface area contributed by atoms with Crippen molar-refractivity contribution in [3.63, 3.8) is 0 Å². The van der Waals surface area contributed by atoms with Crippen molar-refractivity contribution in [3.8, 4) is 0 Å². The van der Waals surface area contributed by atoms with Gasteiger partial charge in [0.25, 0.3) is 0 Å².